The van der Waals surface area contributed by atoms with Gasteiger partial charge in [0.1, 0.15) is 11.6 Å². The first kappa shape index (κ1) is 23.4. The van der Waals surface area contributed by atoms with Crippen LogP contribution in [0, 0.1) is 11.6 Å². The Morgan fingerprint density at radius 1 is 1.15 bits per heavy atom. The van der Waals surface area contributed by atoms with Gasteiger partial charge in [-0.15, -0.1) is 5.10 Å². The molecule has 176 valence electrons. The van der Waals surface area contributed by atoms with E-state index < -0.39 is 47.3 Å². The Morgan fingerprint density at radius 2 is 1.85 bits per heavy atom. The van der Waals surface area contributed by atoms with Gasteiger partial charge in [0.25, 0.3) is 11.8 Å². The number of hydrogen-bond donors (Lipinski definition) is 2. The summed E-state index contributed by atoms with van der Waals surface area (Å²) < 4.78 is 72.6. The number of nitrogens with one attached hydrogen (secondary N) is 1. The standard InChI is InChI=1S/C22H15ClF5N5O/c23-15-6-5-14(12-7-8-33-16(9-12)31-21(29)32-33)18(25)17(15)20(34)30-10-22(27,28)19(26)11-1-3-13(24)4-2-11/h1-9,19H,10H2,(H2,29,32)(H,30,34)/t19-/m1/s1. The molecular formula is C22H15ClF5N5O. The van der Waals surface area contributed by atoms with Crippen LogP contribution in [0.5, 0.6) is 0 Å². The maximum absolute atomic E-state index is 15.2. The molecule has 0 unspecified atom stereocenters. The summed E-state index contributed by atoms with van der Waals surface area (Å²) in [6.45, 7) is -1.45. The summed E-state index contributed by atoms with van der Waals surface area (Å²) >= 11 is 5.96. The Kier molecular flexibility index (Phi) is 6.13. The third-order valence-corrected chi connectivity index (χ3v) is 5.32. The van der Waals surface area contributed by atoms with E-state index in [0.717, 1.165) is 24.3 Å². The highest BCUT2D eigenvalue weighted by molar-refractivity contribution is 6.34. The molecule has 0 saturated heterocycles. The minimum absolute atomic E-state index is 0.00141. The number of nitrogens with two attached hydrogens (primary N) is 1. The van der Waals surface area contributed by atoms with Gasteiger partial charge in [-0.25, -0.2) is 26.5 Å². The normalized spacial score (nSPS) is 12.6. The predicted octanol–water partition coefficient (Wildman–Crippen LogP) is 4.99. The van der Waals surface area contributed by atoms with Gasteiger partial charge < -0.3 is 11.1 Å². The second kappa shape index (κ2) is 8.90. The third kappa shape index (κ3) is 4.51. The fraction of sp³-hybridized carbons (Fsp3) is 0.136. The molecule has 4 aromatic rings. The first-order valence-electron chi connectivity index (χ1n) is 9.72. The number of rotatable bonds is 6. The molecular weight excluding hydrogens is 481 g/mol. The summed E-state index contributed by atoms with van der Waals surface area (Å²) in [5, 5.41) is 5.40. The summed E-state index contributed by atoms with van der Waals surface area (Å²) in [5.41, 5.74) is 4.93. The van der Waals surface area contributed by atoms with Crippen molar-refractivity contribution in [3.63, 3.8) is 0 Å². The summed E-state index contributed by atoms with van der Waals surface area (Å²) in [4.78, 5) is 16.5. The Morgan fingerprint density at radius 3 is 2.56 bits per heavy atom. The Hall–Kier alpha value is -3.73. The molecule has 2 aromatic carbocycles. The van der Waals surface area contributed by atoms with Gasteiger partial charge in [0.2, 0.25) is 5.95 Å². The van der Waals surface area contributed by atoms with Crippen molar-refractivity contribution in [3.8, 4) is 11.1 Å². The lowest BCUT2D eigenvalue weighted by atomic mass is 10.0. The molecule has 0 saturated carbocycles. The summed E-state index contributed by atoms with van der Waals surface area (Å²) in [5.74, 6) is -7.11. The van der Waals surface area contributed by atoms with Crippen molar-refractivity contribution >= 4 is 29.1 Å². The molecule has 12 heteroatoms. The van der Waals surface area contributed by atoms with E-state index >= 15 is 4.39 Å². The number of nitrogens with zero attached hydrogens (tertiary/aromatic N) is 3. The van der Waals surface area contributed by atoms with E-state index in [-0.39, 0.29) is 16.5 Å². The number of benzene rings is 2. The van der Waals surface area contributed by atoms with Gasteiger partial charge in [-0.2, -0.15) is 4.98 Å². The van der Waals surface area contributed by atoms with Crippen molar-refractivity contribution in [1.29, 1.82) is 0 Å². The van der Waals surface area contributed by atoms with Crippen LogP contribution in [0.2, 0.25) is 5.02 Å². The van der Waals surface area contributed by atoms with E-state index in [1.807, 2.05) is 5.32 Å². The maximum Gasteiger partial charge on any atom is 0.299 e. The molecule has 34 heavy (non-hydrogen) atoms. The fourth-order valence-corrected chi connectivity index (χ4v) is 3.53. The van der Waals surface area contributed by atoms with Crippen LogP contribution in [0.3, 0.4) is 0 Å². The molecule has 6 nitrogen and oxygen atoms in total. The second-order valence-electron chi connectivity index (χ2n) is 7.33. The number of carbonyl (C=O) groups excluding carboxylic acids is 1. The topological polar surface area (TPSA) is 85.3 Å². The van der Waals surface area contributed by atoms with E-state index in [1.165, 1.54) is 35.0 Å². The van der Waals surface area contributed by atoms with Gasteiger partial charge in [0.05, 0.1) is 17.1 Å². The molecule has 2 heterocycles. The van der Waals surface area contributed by atoms with E-state index in [0.29, 0.717) is 11.2 Å². The molecule has 0 radical (unpaired) electrons. The second-order valence-corrected chi connectivity index (χ2v) is 7.74. The fourth-order valence-electron chi connectivity index (χ4n) is 3.30. The van der Waals surface area contributed by atoms with Crippen molar-refractivity contribution in [1.82, 2.24) is 19.9 Å². The summed E-state index contributed by atoms with van der Waals surface area (Å²) in [6, 6.07) is 8.89. The van der Waals surface area contributed by atoms with Crippen LogP contribution in [0.15, 0.2) is 54.7 Å². The minimum Gasteiger partial charge on any atom is -0.366 e. The van der Waals surface area contributed by atoms with E-state index in [2.05, 4.69) is 10.1 Å². The number of hydrogen-bond acceptors (Lipinski definition) is 4. The number of halogens is 6. The molecule has 0 aliphatic carbocycles. The highest BCUT2D eigenvalue weighted by Gasteiger charge is 2.41. The summed E-state index contributed by atoms with van der Waals surface area (Å²) in [6.07, 6.45) is -1.36. The van der Waals surface area contributed by atoms with Crippen molar-refractivity contribution in [2.75, 3.05) is 12.3 Å². The first-order valence-corrected chi connectivity index (χ1v) is 10.1. The molecule has 0 spiro atoms. The quantitative estimate of drug-likeness (QED) is 0.369. The lowest BCUT2D eigenvalue weighted by Crippen LogP contribution is -2.40. The molecule has 0 bridgehead atoms. The molecule has 0 fully saturated rings. The van der Waals surface area contributed by atoms with Crippen molar-refractivity contribution in [2.45, 2.75) is 12.1 Å². The first-order chi connectivity index (χ1) is 16.1. The molecule has 0 aliphatic rings. The summed E-state index contributed by atoms with van der Waals surface area (Å²) in [7, 11) is 0. The van der Waals surface area contributed by atoms with E-state index in [1.54, 1.807) is 0 Å². The Labute approximate surface area is 194 Å². The molecule has 4 rings (SSSR count). The lowest BCUT2D eigenvalue weighted by molar-refractivity contribution is -0.0700. The third-order valence-electron chi connectivity index (χ3n) is 5.00. The maximum atomic E-state index is 15.2. The number of carbonyl (C=O) groups is 1. The van der Waals surface area contributed by atoms with Crippen molar-refractivity contribution < 1.29 is 26.7 Å². The van der Waals surface area contributed by atoms with E-state index in [4.69, 9.17) is 17.3 Å². The average Bonchev–Trinajstić information content (AvgIpc) is 3.17. The highest BCUT2D eigenvalue weighted by Crippen LogP contribution is 2.35. The van der Waals surface area contributed by atoms with Crippen LogP contribution in [-0.4, -0.2) is 33.0 Å². The number of anilines is 1. The van der Waals surface area contributed by atoms with Crippen LogP contribution < -0.4 is 11.1 Å². The molecule has 1 atom stereocenters. The van der Waals surface area contributed by atoms with Gasteiger partial charge in [-0.05, 0) is 47.5 Å². The average molecular weight is 496 g/mol. The minimum atomic E-state index is -4.06. The van der Waals surface area contributed by atoms with Gasteiger partial charge in [0, 0.05) is 11.8 Å². The lowest BCUT2D eigenvalue weighted by Gasteiger charge is -2.22. The molecule has 0 aliphatic heterocycles. The van der Waals surface area contributed by atoms with Crippen LogP contribution in [-0.2, 0) is 0 Å². The van der Waals surface area contributed by atoms with Gasteiger partial charge >= 0.3 is 0 Å². The number of nitrogen functional groups attached to an aromatic ring is 1. The molecule has 3 N–H and O–H groups in total. The van der Waals surface area contributed by atoms with Crippen molar-refractivity contribution in [3.05, 3.63) is 82.5 Å². The zero-order chi connectivity index (χ0) is 24.6. The predicted molar refractivity (Wildman–Crippen MR) is 115 cm³/mol. The smallest absolute Gasteiger partial charge is 0.299 e. The number of aromatic nitrogens is 3. The van der Waals surface area contributed by atoms with Gasteiger partial charge in [-0.1, -0.05) is 23.7 Å². The number of pyridine rings is 1. The van der Waals surface area contributed by atoms with Gasteiger partial charge in [0.15, 0.2) is 11.8 Å². The van der Waals surface area contributed by atoms with E-state index in [9.17, 15) is 22.4 Å². The van der Waals surface area contributed by atoms with Crippen molar-refractivity contribution in [2.24, 2.45) is 0 Å². The van der Waals surface area contributed by atoms with Crippen LogP contribution in [0.25, 0.3) is 16.8 Å². The number of alkyl halides is 3. The van der Waals surface area contributed by atoms with Gasteiger partial charge in [-0.3, -0.25) is 4.79 Å². The Balaban J connectivity index is 1.57. The Bertz CT molecular complexity index is 1380. The van der Waals surface area contributed by atoms with Crippen LogP contribution in [0.1, 0.15) is 22.1 Å². The van der Waals surface area contributed by atoms with Crippen LogP contribution >= 0.6 is 11.6 Å². The molecule has 1 amide bonds. The highest BCUT2D eigenvalue weighted by atomic mass is 35.5. The number of fused-ring (bicyclic) bond motifs is 1. The number of amides is 1. The molecule has 2 aromatic heterocycles. The van der Waals surface area contributed by atoms with Crippen LogP contribution in [0.4, 0.5) is 27.9 Å². The monoisotopic (exact) mass is 495 g/mol. The zero-order valence-electron chi connectivity index (χ0n) is 17.1. The zero-order valence-corrected chi connectivity index (χ0v) is 17.8. The SMILES string of the molecule is Nc1nc2cc(-c3ccc(Cl)c(C(=O)NCC(F)(F)[C@H](F)c4ccc(F)cc4)c3F)ccn2n1. The largest absolute Gasteiger partial charge is 0.366 e.